The van der Waals surface area contributed by atoms with Gasteiger partial charge in [-0.2, -0.15) is 5.10 Å². The molecule has 0 radical (unpaired) electrons. The van der Waals surface area contributed by atoms with E-state index in [1.807, 2.05) is 11.6 Å². The van der Waals surface area contributed by atoms with E-state index in [-0.39, 0.29) is 11.8 Å². The Morgan fingerprint density at radius 2 is 1.97 bits per heavy atom. The number of aromatic nitrogens is 4. The molecule has 1 fully saturated rings. The van der Waals surface area contributed by atoms with Crippen molar-refractivity contribution in [1.82, 2.24) is 24.6 Å². The monoisotopic (exact) mass is 395 g/mol. The summed E-state index contributed by atoms with van der Waals surface area (Å²) in [7, 11) is 0. The van der Waals surface area contributed by atoms with Gasteiger partial charge in [0.1, 0.15) is 17.5 Å². The minimum absolute atomic E-state index is 0.00805. The second-order valence-corrected chi connectivity index (χ2v) is 7.14. The van der Waals surface area contributed by atoms with Gasteiger partial charge in [-0.05, 0) is 50.5 Å². The Bertz CT molecular complexity index is 1090. The van der Waals surface area contributed by atoms with E-state index in [2.05, 4.69) is 15.1 Å². The minimum atomic E-state index is -0.891. The first kappa shape index (κ1) is 18.9. The van der Waals surface area contributed by atoms with Gasteiger partial charge in [0.05, 0.1) is 12.2 Å². The fraction of sp³-hybridized carbons (Fsp3) is 0.350. The summed E-state index contributed by atoms with van der Waals surface area (Å²) in [4.78, 5) is 32.7. The number of fused-ring (bicyclic) bond motifs is 1. The fourth-order valence-corrected chi connectivity index (χ4v) is 3.70. The maximum Gasteiger partial charge on any atom is 0.407 e. The van der Waals surface area contributed by atoms with Crippen LogP contribution in [-0.4, -0.2) is 54.7 Å². The van der Waals surface area contributed by atoms with Gasteiger partial charge in [0.25, 0.3) is 0 Å². The van der Waals surface area contributed by atoms with Crippen LogP contribution in [0.5, 0.6) is 11.6 Å². The van der Waals surface area contributed by atoms with Gasteiger partial charge in [-0.15, -0.1) is 0 Å². The molecule has 3 aromatic rings. The van der Waals surface area contributed by atoms with Crippen LogP contribution in [0.3, 0.4) is 0 Å². The zero-order chi connectivity index (χ0) is 20.5. The average Bonchev–Trinajstić information content (AvgIpc) is 3.13. The Kier molecular flexibility index (Phi) is 4.87. The van der Waals surface area contributed by atoms with E-state index in [9.17, 15) is 9.59 Å². The number of hydrogen-bond donors (Lipinski definition) is 1. The lowest BCUT2D eigenvalue weighted by molar-refractivity contribution is 0.101. The number of piperidine rings is 1. The maximum atomic E-state index is 11.6. The number of carboxylic acid groups (broad SMARTS) is 1. The number of carbonyl (C=O) groups is 2. The normalized spacial score (nSPS) is 14.9. The van der Waals surface area contributed by atoms with Crippen LogP contribution in [0, 0.1) is 6.92 Å². The minimum Gasteiger partial charge on any atom is -0.465 e. The molecule has 29 heavy (non-hydrogen) atoms. The van der Waals surface area contributed by atoms with E-state index in [1.165, 1.54) is 18.2 Å². The van der Waals surface area contributed by atoms with Gasteiger partial charge in [-0.1, -0.05) is 0 Å². The molecule has 1 aliphatic rings. The third-order valence-electron chi connectivity index (χ3n) is 5.23. The lowest BCUT2D eigenvalue weighted by Gasteiger charge is -2.30. The van der Waals surface area contributed by atoms with Gasteiger partial charge in [-0.3, -0.25) is 4.79 Å². The number of amides is 1. The third kappa shape index (κ3) is 3.63. The first-order chi connectivity index (χ1) is 13.9. The van der Waals surface area contributed by atoms with E-state index in [0.717, 1.165) is 5.56 Å². The second-order valence-electron chi connectivity index (χ2n) is 7.14. The molecule has 1 N–H and O–H groups in total. The van der Waals surface area contributed by atoms with E-state index >= 15 is 0 Å². The molecule has 1 aromatic carbocycles. The van der Waals surface area contributed by atoms with Crippen LogP contribution in [0.4, 0.5) is 4.79 Å². The summed E-state index contributed by atoms with van der Waals surface area (Å²) >= 11 is 0. The van der Waals surface area contributed by atoms with Crippen LogP contribution in [0.2, 0.25) is 0 Å². The summed E-state index contributed by atoms with van der Waals surface area (Å²) in [6, 6.07) is 5.36. The molecule has 9 heteroatoms. The van der Waals surface area contributed by atoms with Gasteiger partial charge in [0.2, 0.25) is 5.88 Å². The van der Waals surface area contributed by atoms with Crippen molar-refractivity contribution in [2.24, 2.45) is 0 Å². The number of ether oxygens (including phenoxy) is 1. The van der Waals surface area contributed by atoms with E-state index < -0.39 is 6.09 Å². The van der Waals surface area contributed by atoms with E-state index in [1.54, 1.807) is 24.4 Å². The number of rotatable bonds is 4. The molecule has 3 heterocycles. The first-order valence-electron chi connectivity index (χ1n) is 9.39. The van der Waals surface area contributed by atoms with Crippen molar-refractivity contribution < 1.29 is 19.4 Å². The quantitative estimate of drug-likeness (QED) is 0.674. The molecule has 2 aromatic heterocycles. The lowest BCUT2D eigenvalue weighted by Crippen LogP contribution is -2.38. The smallest absolute Gasteiger partial charge is 0.407 e. The highest BCUT2D eigenvalue weighted by Crippen LogP contribution is 2.31. The standard InChI is InChI=1S/C20H21N5O4/c1-12-9-15(3-4-16(12)13(2)26)29-19-17-10-23-25(18(17)21-11-22-19)14-5-7-24(8-6-14)20(27)28/h3-4,9-11,14H,5-8H2,1-2H3,(H,27,28). The van der Waals surface area contributed by atoms with Gasteiger partial charge in [0.15, 0.2) is 11.4 Å². The van der Waals surface area contributed by atoms with Crippen molar-refractivity contribution in [3.05, 3.63) is 41.9 Å². The molecule has 1 aliphatic heterocycles. The second kappa shape index (κ2) is 7.50. The summed E-state index contributed by atoms with van der Waals surface area (Å²) in [5, 5.41) is 14.3. The van der Waals surface area contributed by atoms with E-state index in [0.29, 0.717) is 54.2 Å². The topological polar surface area (TPSA) is 110 Å². The summed E-state index contributed by atoms with van der Waals surface area (Å²) in [6.45, 7) is 4.34. The molecule has 150 valence electrons. The van der Waals surface area contributed by atoms with Crippen LogP contribution >= 0.6 is 0 Å². The van der Waals surface area contributed by atoms with Gasteiger partial charge >= 0.3 is 6.09 Å². The fourth-order valence-electron chi connectivity index (χ4n) is 3.70. The van der Waals surface area contributed by atoms with Crippen molar-refractivity contribution >= 4 is 22.9 Å². The number of hydrogen-bond acceptors (Lipinski definition) is 6. The zero-order valence-electron chi connectivity index (χ0n) is 16.2. The molecule has 9 nitrogen and oxygen atoms in total. The highest BCUT2D eigenvalue weighted by molar-refractivity contribution is 5.95. The van der Waals surface area contributed by atoms with Crippen molar-refractivity contribution in [3.8, 4) is 11.6 Å². The number of ketones is 1. The van der Waals surface area contributed by atoms with Crippen LogP contribution in [0.25, 0.3) is 11.0 Å². The van der Waals surface area contributed by atoms with Crippen molar-refractivity contribution in [2.75, 3.05) is 13.1 Å². The third-order valence-corrected chi connectivity index (χ3v) is 5.23. The molecule has 0 saturated carbocycles. The molecule has 1 saturated heterocycles. The molecule has 0 bridgehead atoms. The Hall–Kier alpha value is -3.49. The number of benzene rings is 1. The maximum absolute atomic E-state index is 11.6. The predicted octanol–water partition coefficient (Wildman–Crippen LogP) is 3.44. The number of carbonyl (C=O) groups excluding carboxylic acids is 1. The average molecular weight is 395 g/mol. The van der Waals surface area contributed by atoms with Gasteiger partial charge < -0.3 is 14.7 Å². The number of likely N-dealkylation sites (tertiary alicyclic amines) is 1. The largest absolute Gasteiger partial charge is 0.465 e. The number of nitrogens with zero attached hydrogens (tertiary/aromatic N) is 5. The van der Waals surface area contributed by atoms with E-state index in [4.69, 9.17) is 9.84 Å². The van der Waals surface area contributed by atoms with Gasteiger partial charge in [-0.25, -0.2) is 19.4 Å². The summed E-state index contributed by atoms with van der Waals surface area (Å²) in [6.07, 6.45) is 3.56. The molecule has 0 atom stereocenters. The van der Waals surface area contributed by atoms with Crippen LogP contribution < -0.4 is 4.74 Å². The van der Waals surface area contributed by atoms with Crippen molar-refractivity contribution in [1.29, 1.82) is 0 Å². The molecular formula is C20H21N5O4. The summed E-state index contributed by atoms with van der Waals surface area (Å²) in [5.41, 5.74) is 2.15. The summed E-state index contributed by atoms with van der Waals surface area (Å²) < 4.78 is 7.78. The number of aryl methyl sites for hydroxylation is 1. The highest BCUT2D eigenvalue weighted by Gasteiger charge is 2.26. The van der Waals surface area contributed by atoms with Crippen molar-refractivity contribution in [3.63, 3.8) is 0 Å². The van der Waals surface area contributed by atoms with Crippen LogP contribution in [0.1, 0.15) is 41.7 Å². The van der Waals surface area contributed by atoms with Crippen molar-refractivity contribution in [2.45, 2.75) is 32.7 Å². The molecule has 1 amide bonds. The predicted molar refractivity (Wildman–Crippen MR) is 104 cm³/mol. The van der Waals surface area contributed by atoms with Gasteiger partial charge in [0, 0.05) is 18.7 Å². The van der Waals surface area contributed by atoms with Crippen LogP contribution in [-0.2, 0) is 0 Å². The Labute approximate surface area is 166 Å². The highest BCUT2D eigenvalue weighted by atomic mass is 16.5. The first-order valence-corrected chi connectivity index (χ1v) is 9.39. The molecular weight excluding hydrogens is 374 g/mol. The Morgan fingerprint density at radius 3 is 2.62 bits per heavy atom. The molecule has 0 spiro atoms. The molecule has 0 unspecified atom stereocenters. The SMILES string of the molecule is CC(=O)c1ccc(Oc2ncnc3c2cnn3C2CCN(C(=O)O)CC2)cc1C. The lowest BCUT2D eigenvalue weighted by atomic mass is 10.1. The molecule has 4 rings (SSSR count). The van der Waals surface area contributed by atoms with Crippen LogP contribution in [0.15, 0.2) is 30.7 Å². The number of Topliss-reactive ketones (excluding diaryl/α,β-unsaturated/α-hetero) is 1. The Balaban J connectivity index is 1.59. The zero-order valence-corrected chi connectivity index (χ0v) is 16.2. The molecule has 0 aliphatic carbocycles. The summed E-state index contributed by atoms with van der Waals surface area (Å²) in [5.74, 6) is 0.975. The Morgan fingerprint density at radius 1 is 1.21 bits per heavy atom.